The largest absolute Gasteiger partial charge is 0.330 e. The number of rotatable bonds is 3. The molecule has 0 aromatic heterocycles. The van der Waals surface area contributed by atoms with Crippen LogP contribution in [0.3, 0.4) is 0 Å². The summed E-state index contributed by atoms with van der Waals surface area (Å²) in [6, 6.07) is 9.39. The van der Waals surface area contributed by atoms with Crippen LogP contribution < -0.4 is 5.73 Å². The normalized spacial score (nSPS) is 31.7. The third-order valence-electron chi connectivity index (χ3n) is 2.80. The molecular formula is C11H14FN. The molecule has 70 valence electrons. The summed E-state index contributed by atoms with van der Waals surface area (Å²) in [5.41, 5.74) is 5.15. The smallest absolute Gasteiger partial charge is 0.139 e. The molecule has 0 bridgehead atoms. The summed E-state index contributed by atoms with van der Waals surface area (Å²) in [6.07, 6.45) is 1.44. The fourth-order valence-electron chi connectivity index (χ4n) is 1.90. The van der Waals surface area contributed by atoms with Crippen molar-refractivity contribution in [2.24, 2.45) is 11.7 Å². The van der Waals surface area contributed by atoms with E-state index in [1.165, 1.54) is 0 Å². The van der Waals surface area contributed by atoms with E-state index in [0.29, 0.717) is 13.0 Å². The molecule has 1 fully saturated rings. The lowest BCUT2D eigenvalue weighted by Crippen LogP contribution is -2.06. The predicted octanol–water partition coefficient (Wildman–Crippen LogP) is 2.22. The van der Waals surface area contributed by atoms with Gasteiger partial charge in [0.2, 0.25) is 0 Å². The highest BCUT2D eigenvalue weighted by Crippen LogP contribution is 2.56. The lowest BCUT2D eigenvalue weighted by atomic mass is 10.1. The highest BCUT2D eigenvalue weighted by atomic mass is 19.1. The second-order valence-corrected chi connectivity index (χ2v) is 3.71. The van der Waals surface area contributed by atoms with E-state index in [1.54, 1.807) is 0 Å². The van der Waals surface area contributed by atoms with Crippen LogP contribution in [0.15, 0.2) is 30.3 Å². The van der Waals surface area contributed by atoms with Crippen LogP contribution in [0.25, 0.3) is 0 Å². The fourth-order valence-corrected chi connectivity index (χ4v) is 1.90. The number of hydrogen-bond donors (Lipinski definition) is 1. The molecule has 2 rings (SSSR count). The van der Waals surface area contributed by atoms with Gasteiger partial charge in [0.15, 0.2) is 0 Å². The molecule has 1 aliphatic carbocycles. The van der Waals surface area contributed by atoms with E-state index < -0.39 is 5.67 Å². The summed E-state index contributed by atoms with van der Waals surface area (Å²) < 4.78 is 14.0. The summed E-state index contributed by atoms with van der Waals surface area (Å²) in [7, 11) is 0. The Balaban J connectivity index is 2.11. The summed E-state index contributed by atoms with van der Waals surface area (Å²) in [5.74, 6) is 0.153. The maximum Gasteiger partial charge on any atom is 0.139 e. The summed E-state index contributed by atoms with van der Waals surface area (Å²) >= 11 is 0. The topological polar surface area (TPSA) is 26.0 Å². The quantitative estimate of drug-likeness (QED) is 0.756. The van der Waals surface area contributed by atoms with Crippen LogP contribution >= 0.6 is 0 Å². The maximum absolute atomic E-state index is 14.0. The Labute approximate surface area is 77.8 Å². The lowest BCUT2D eigenvalue weighted by Gasteiger charge is -2.06. The Hall–Kier alpha value is -0.890. The third-order valence-corrected chi connectivity index (χ3v) is 2.80. The van der Waals surface area contributed by atoms with Gasteiger partial charge in [-0.3, -0.25) is 0 Å². The average Bonchev–Trinajstić information content (AvgIpc) is 2.81. The SMILES string of the molecule is NCC[C@H]1C[C@]1(F)c1ccccc1. The van der Waals surface area contributed by atoms with Crippen LogP contribution in [0.4, 0.5) is 4.39 Å². The van der Waals surface area contributed by atoms with Gasteiger partial charge in [0.05, 0.1) is 0 Å². The van der Waals surface area contributed by atoms with Gasteiger partial charge in [-0.15, -0.1) is 0 Å². The van der Waals surface area contributed by atoms with Gasteiger partial charge in [0.25, 0.3) is 0 Å². The molecule has 0 saturated heterocycles. The molecule has 0 heterocycles. The van der Waals surface area contributed by atoms with E-state index in [0.717, 1.165) is 12.0 Å². The Kier molecular flexibility index (Phi) is 2.08. The molecule has 2 heteroatoms. The second kappa shape index (κ2) is 3.11. The molecule has 1 aromatic carbocycles. The van der Waals surface area contributed by atoms with Crippen molar-refractivity contribution in [3.63, 3.8) is 0 Å². The van der Waals surface area contributed by atoms with Crippen LogP contribution in [-0.4, -0.2) is 6.54 Å². The van der Waals surface area contributed by atoms with E-state index in [2.05, 4.69) is 0 Å². The number of halogens is 1. The van der Waals surface area contributed by atoms with Gasteiger partial charge in [-0.1, -0.05) is 30.3 Å². The van der Waals surface area contributed by atoms with Crippen LogP contribution in [0.2, 0.25) is 0 Å². The molecule has 0 amide bonds. The van der Waals surface area contributed by atoms with Crippen LogP contribution in [-0.2, 0) is 5.67 Å². The van der Waals surface area contributed by atoms with Crippen molar-refractivity contribution >= 4 is 0 Å². The van der Waals surface area contributed by atoms with E-state index in [1.807, 2.05) is 30.3 Å². The highest BCUT2D eigenvalue weighted by molar-refractivity contribution is 5.29. The van der Waals surface area contributed by atoms with Gasteiger partial charge in [0.1, 0.15) is 5.67 Å². The van der Waals surface area contributed by atoms with E-state index in [-0.39, 0.29) is 5.92 Å². The van der Waals surface area contributed by atoms with Gasteiger partial charge in [-0.25, -0.2) is 4.39 Å². The average molecular weight is 179 g/mol. The minimum Gasteiger partial charge on any atom is -0.330 e. The monoisotopic (exact) mass is 179 g/mol. The first-order chi connectivity index (χ1) is 6.27. The Morgan fingerprint density at radius 2 is 2.08 bits per heavy atom. The Morgan fingerprint density at radius 1 is 1.38 bits per heavy atom. The molecule has 13 heavy (non-hydrogen) atoms. The van der Waals surface area contributed by atoms with Crippen molar-refractivity contribution in [1.82, 2.24) is 0 Å². The minimum absolute atomic E-state index is 0.153. The van der Waals surface area contributed by atoms with Crippen LogP contribution in [0.1, 0.15) is 18.4 Å². The van der Waals surface area contributed by atoms with Gasteiger partial charge in [-0.05, 0) is 24.9 Å². The van der Waals surface area contributed by atoms with Crippen LogP contribution in [0, 0.1) is 5.92 Å². The zero-order chi connectivity index (χ0) is 9.31. The molecule has 0 unspecified atom stereocenters. The van der Waals surface area contributed by atoms with Crippen LogP contribution in [0.5, 0.6) is 0 Å². The predicted molar refractivity (Wildman–Crippen MR) is 51.0 cm³/mol. The molecule has 1 saturated carbocycles. The first-order valence-corrected chi connectivity index (χ1v) is 4.72. The summed E-state index contributed by atoms with van der Waals surface area (Å²) in [4.78, 5) is 0. The van der Waals surface area contributed by atoms with Crippen molar-refractivity contribution in [2.75, 3.05) is 6.54 Å². The number of benzene rings is 1. The van der Waals surface area contributed by atoms with E-state index in [4.69, 9.17) is 5.73 Å². The number of nitrogens with two attached hydrogens (primary N) is 1. The zero-order valence-electron chi connectivity index (χ0n) is 7.54. The maximum atomic E-state index is 14.0. The Bertz CT molecular complexity index is 285. The van der Waals surface area contributed by atoms with Crippen molar-refractivity contribution < 1.29 is 4.39 Å². The van der Waals surface area contributed by atoms with Crippen molar-refractivity contribution in [3.8, 4) is 0 Å². The zero-order valence-corrected chi connectivity index (χ0v) is 7.54. The van der Waals surface area contributed by atoms with Gasteiger partial charge in [0, 0.05) is 5.92 Å². The number of hydrogen-bond acceptors (Lipinski definition) is 1. The molecule has 0 radical (unpaired) electrons. The van der Waals surface area contributed by atoms with Crippen molar-refractivity contribution in [2.45, 2.75) is 18.5 Å². The second-order valence-electron chi connectivity index (χ2n) is 3.71. The molecule has 0 aliphatic heterocycles. The molecular weight excluding hydrogens is 165 g/mol. The number of alkyl halides is 1. The van der Waals surface area contributed by atoms with Gasteiger partial charge < -0.3 is 5.73 Å². The summed E-state index contributed by atoms with van der Waals surface area (Å²) in [6.45, 7) is 0.586. The van der Waals surface area contributed by atoms with Crippen molar-refractivity contribution in [1.29, 1.82) is 0 Å². The minimum atomic E-state index is -1.07. The first-order valence-electron chi connectivity index (χ1n) is 4.72. The lowest BCUT2D eigenvalue weighted by molar-refractivity contribution is 0.283. The Morgan fingerprint density at radius 3 is 2.69 bits per heavy atom. The van der Waals surface area contributed by atoms with E-state index in [9.17, 15) is 4.39 Å². The molecule has 2 atom stereocenters. The molecule has 1 aromatic rings. The van der Waals surface area contributed by atoms with Gasteiger partial charge in [-0.2, -0.15) is 0 Å². The third kappa shape index (κ3) is 1.46. The fraction of sp³-hybridized carbons (Fsp3) is 0.455. The van der Waals surface area contributed by atoms with Crippen molar-refractivity contribution in [3.05, 3.63) is 35.9 Å². The molecule has 2 N–H and O–H groups in total. The van der Waals surface area contributed by atoms with E-state index >= 15 is 0 Å². The highest BCUT2D eigenvalue weighted by Gasteiger charge is 2.55. The molecule has 0 spiro atoms. The van der Waals surface area contributed by atoms with Gasteiger partial charge >= 0.3 is 0 Å². The first kappa shape index (κ1) is 8.70. The molecule has 1 nitrogen and oxygen atoms in total. The molecule has 1 aliphatic rings. The standard InChI is InChI=1S/C11H14FN/c12-11(8-10(11)6-7-13)9-4-2-1-3-5-9/h1-5,10H,6-8,13H2/t10-,11-/m0/s1. The summed E-state index contributed by atoms with van der Waals surface area (Å²) in [5, 5.41) is 0.